The lowest BCUT2D eigenvalue weighted by molar-refractivity contribution is 0.102. The van der Waals surface area contributed by atoms with Crippen LogP contribution in [0.3, 0.4) is 0 Å². The third-order valence-corrected chi connectivity index (χ3v) is 3.09. The molecule has 0 unspecified atom stereocenters. The van der Waals surface area contributed by atoms with E-state index in [0.717, 1.165) is 11.6 Å². The summed E-state index contributed by atoms with van der Waals surface area (Å²) in [6, 6.07) is 7.32. The van der Waals surface area contributed by atoms with Crippen molar-refractivity contribution in [1.29, 1.82) is 0 Å². The van der Waals surface area contributed by atoms with Crippen molar-refractivity contribution >= 4 is 17.3 Å². The van der Waals surface area contributed by atoms with Crippen LogP contribution in [0.4, 0.5) is 20.2 Å². The van der Waals surface area contributed by atoms with Crippen LogP contribution in [0.1, 0.15) is 21.5 Å². The molecule has 3 N–H and O–H groups in total. The lowest BCUT2D eigenvalue weighted by Crippen LogP contribution is -2.17. The quantitative estimate of drug-likeness (QED) is 0.826. The topological polar surface area (TPSA) is 55.1 Å². The van der Waals surface area contributed by atoms with Crippen molar-refractivity contribution in [3.8, 4) is 0 Å². The highest BCUT2D eigenvalue weighted by Crippen LogP contribution is 2.24. The Hall–Kier alpha value is -2.43. The molecule has 2 aromatic carbocycles. The molecule has 104 valence electrons. The zero-order chi connectivity index (χ0) is 14.9. The Morgan fingerprint density at radius 3 is 2.50 bits per heavy atom. The van der Waals surface area contributed by atoms with E-state index in [1.807, 2.05) is 0 Å². The smallest absolute Gasteiger partial charge is 0.257 e. The number of nitrogens with two attached hydrogens (primary N) is 1. The van der Waals surface area contributed by atoms with Gasteiger partial charge in [0.1, 0.15) is 11.5 Å². The van der Waals surface area contributed by atoms with E-state index in [-0.39, 0.29) is 11.1 Å². The van der Waals surface area contributed by atoms with Gasteiger partial charge in [-0.3, -0.25) is 4.79 Å². The van der Waals surface area contributed by atoms with Gasteiger partial charge in [-0.05, 0) is 37.1 Å². The second kappa shape index (κ2) is 5.28. The predicted octanol–water partition coefficient (Wildman–Crippen LogP) is 3.42. The van der Waals surface area contributed by atoms with Gasteiger partial charge >= 0.3 is 0 Å². The fourth-order valence-electron chi connectivity index (χ4n) is 1.83. The first-order valence-electron chi connectivity index (χ1n) is 6.03. The van der Waals surface area contributed by atoms with Crippen molar-refractivity contribution in [1.82, 2.24) is 0 Å². The van der Waals surface area contributed by atoms with Crippen LogP contribution in [0.2, 0.25) is 0 Å². The number of hydrogen-bond donors (Lipinski definition) is 2. The Morgan fingerprint density at radius 2 is 1.80 bits per heavy atom. The highest BCUT2D eigenvalue weighted by molar-refractivity contribution is 6.08. The van der Waals surface area contributed by atoms with Crippen LogP contribution >= 0.6 is 0 Å². The monoisotopic (exact) mass is 276 g/mol. The van der Waals surface area contributed by atoms with Gasteiger partial charge in [0, 0.05) is 5.69 Å². The van der Waals surface area contributed by atoms with Gasteiger partial charge < -0.3 is 11.1 Å². The molecule has 20 heavy (non-hydrogen) atoms. The van der Waals surface area contributed by atoms with E-state index >= 15 is 0 Å². The number of amides is 1. The second-order valence-electron chi connectivity index (χ2n) is 4.54. The summed E-state index contributed by atoms with van der Waals surface area (Å²) in [7, 11) is 0. The van der Waals surface area contributed by atoms with Gasteiger partial charge in [-0.25, -0.2) is 8.78 Å². The summed E-state index contributed by atoms with van der Waals surface area (Å²) < 4.78 is 27.4. The van der Waals surface area contributed by atoms with Crippen LogP contribution in [0, 0.1) is 25.5 Å². The molecule has 2 aromatic rings. The third-order valence-electron chi connectivity index (χ3n) is 3.09. The summed E-state index contributed by atoms with van der Waals surface area (Å²) in [4.78, 5) is 12.1. The normalized spacial score (nSPS) is 10.4. The maximum atomic E-state index is 13.8. The van der Waals surface area contributed by atoms with Crippen LogP contribution in [0.15, 0.2) is 30.3 Å². The standard InChI is InChI=1S/C15H14F2N2O/c1-8-6-7-11(16)14(12(8)17)19-15(20)10-5-3-4-9(2)13(10)18/h3-7H,18H2,1-2H3,(H,19,20). The van der Waals surface area contributed by atoms with E-state index < -0.39 is 23.2 Å². The Balaban J connectivity index is 2.38. The number of anilines is 2. The van der Waals surface area contributed by atoms with Crippen molar-refractivity contribution in [2.75, 3.05) is 11.1 Å². The van der Waals surface area contributed by atoms with E-state index in [9.17, 15) is 13.6 Å². The molecule has 5 heteroatoms. The van der Waals surface area contributed by atoms with Gasteiger partial charge in [0.2, 0.25) is 0 Å². The number of benzene rings is 2. The number of rotatable bonds is 2. The van der Waals surface area contributed by atoms with Gasteiger partial charge in [0.05, 0.1) is 5.56 Å². The van der Waals surface area contributed by atoms with Crippen molar-refractivity contribution in [3.05, 3.63) is 58.7 Å². The Bertz CT molecular complexity index is 684. The molecule has 3 nitrogen and oxygen atoms in total. The van der Waals surface area contributed by atoms with Crippen LogP contribution in [0.5, 0.6) is 0 Å². The number of nitrogen functional groups attached to an aromatic ring is 1. The molecule has 0 aliphatic heterocycles. The van der Waals surface area contributed by atoms with E-state index in [2.05, 4.69) is 5.32 Å². The first-order chi connectivity index (χ1) is 9.41. The number of halogens is 2. The summed E-state index contributed by atoms with van der Waals surface area (Å²) in [5.41, 5.74) is 6.78. The van der Waals surface area contributed by atoms with Crippen LogP contribution in [0.25, 0.3) is 0 Å². The molecule has 0 saturated heterocycles. The minimum Gasteiger partial charge on any atom is -0.398 e. The van der Waals surface area contributed by atoms with E-state index in [1.54, 1.807) is 19.1 Å². The van der Waals surface area contributed by atoms with Crippen LogP contribution in [-0.2, 0) is 0 Å². The highest BCUT2D eigenvalue weighted by atomic mass is 19.1. The van der Waals surface area contributed by atoms with Crippen LogP contribution in [-0.4, -0.2) is 5.91 Å². The van der Waals surface area contributed by atoms with Gasteiger partial charge in [-0.1, -0.05) is 18.2 Å². The fraction of sp³-hybridized carbons (Fsp3) is 0.133. The number of carbonyl (C=O) groups is 1. The lowest BCUT2D eigenvalue weighted by Gasteiger charge is -2.11. The minimum atomic E-state index is -0.826. The molecule has 0 aromatic heterocycles. The molecule has 0 saturated carbocycles. The molecule has 0 heterocycles. The van der Waals surface area contributed by atoms with Gasteiger partial charge in [-0.15, -0.1) is 0 Å². The molecular weight excluding hydrogens is 262 g/mol. The third kappa shape index (κ3) is 2.47. The number of para-hydroxylation sites is 1. The maximum absolute atomic E-state index is 13.8. The lowest BCUT2D eigenvalue weighted by atomic mass is 10.1. The first kappa shape index (κ1) is 14.0. The largest absolute Gasteiger partial charge is 0.398 e. The van der Waals surface area contributed by atoms with E-state index in [0.29, 0.717) is 5.69 Å². The second-order valence-corrected chi connectivity index (χ2v) is 4.54. The summed E-state index contributed by atoms with van der Waals surface area (Å²) in [5.74, 6) is -2.26. The van der Waals surface area contributed by atoms with Crippen molar-refractivity contribution < 1.29 is 13.6 Å². The highest BCUT2D eigenvalue weighted by Gasteiger charge is 2.17. The summed E-state index contributed by atoms with van der Waals surface area (Å²) >= 11 is 0. The van der Waals surface area contributed by atoms with Crippen molar-refractivity contribution in [2.24, 2.45) is 0 Å². The van der Waals surface area contributed by atoms with Crippen LogP contribution < -0.4 is 11.1 Å². The van der Waals surface area contributed by atoms with Gasteiger partial charge in [0.15, 0.2) is 5.82 Å². The number of nitrogens with one attached hydrogen (secondary N) is 1. The number of carbonyl (C=O) groups excluding carboxylic acids is 1. The molecule has 0 radical (unpaired) electrons. The summed E-state index contributed by atoms with van der Waals surface area (Å²) in [6.45, 7) is 3.24. The molecular formula is C15H14F2N2O. The predicted molar refractivity (Wildman–Crippen MR) is 74.6 cm³/mol. The Morgan fingerprint density at radius 1 is 1.10 bits per heavy atom. The van der Waals surface area contributed by atoms with E-state index in [4.69, 9.17) is 5.73 Å². The molecule has 0 fully saturated rings. The first-order valence-corrected chi connectivity index (χ1v) is 6.03. The Labute approximate surface area is 115 Å². The summed E-state index contributed by atoms with van der Waals surface area (Å²) in [5, 5.41) is 2.23. The Kier molecular flexibility index (Phi) is 3.70. The molecule has 0 atom stereocenters. The average molecular weight is 276 g/mol. The molecule has 1 amide bonds. The number of aryl methyl sites for hydroxylation is 2. The maximum Gasteiger partial charge on any atom is 0.257 e. The molecule has 0 aliphatic carbocycles. The zero-order valence-corrected chi connectivity index (χ0v) is 11.1. The van der Waals surface area contributed by atoms with Gasteiger partial charge in [-0.2, -0.15) is 0 Å². The molecule has 2 rings (SSSR count). The van der Waals surface area contributed by atoms with E-state index in [1.165, 1.54) is 19.1 Å². The molecule has 0 bridgehead atoms. The SMILES string of the molecule is Cc1cccc(C(=O)Nc2c(F)ccc(C)c2F)c1N. The minimum absolute atomic E-state index is 0.185. The zero-order valence-electron chi connectivity index (χ0n) is 11.1. The molecule has 0 spiro atoms. The average Bonchev–Trinajstić information content (AvgIpc) is 2.42. The van der Waals surface area contributed by atoms with Gasteiger partial charge in [0.25, 0.3) is 5.91 Å². The number of hydrogen-bond acceptors (Lipinski definition) is 2. The molecule has 0 aliphatic rings. The van der Waals surface area contributed by atoms with Crippen molar-refractivity contribution in [3.63, 3.8) is 0 Å². The fourth-order valence-corrected chi connectivity index (χ4v) is 1.83. The van der Waals surface area contributed by atoms with Crippen molar-refractivity contribution in [2.45, 2.75) is 13.8 Å². The summed E-state index contributed by atoms with van der Waals surface area (Å²) in [6.07, 6.45) is 0.